The molecule has 2 rings (SSSR count). The number of aryl methyl sites for hydroxylation is 1. The zero-order chi connectivity index (χ0) is 13.3. The summed E-state index contributed by atoms with van der Waals surface area (Å²) in [4.78, 5) is 0. The highest BCUT2D eigenvalue weighted by Crippen LogP contribution is 2.29. The summed E-state index contributed by atoms with van der Waals surface area (Å²) in [5.74, 6) is 0. The van der Waals surface area contributed by atoms with Gasteiger partial charge in [0.25, 0.3) is 0 Å². The maximum atomic E-state index is 8.18. The molecule has 18 heavy (non-hydrogen) atoms. The van der Waals surface area contributed by atoms with E-state index in [9.17, 15) is 0 Å². The van der Waals surface area contributed by atoms with Crippen LogP contribution in [-0.2, 0) is 0 Å². The van der Waals surface area contributed by atoms with Crippen molar-refractivity contribution in [3.05, 3.63) is 68.2 Å². The van der Waals surface area contributed by atoms with Crippen molar-refractivity contribution in [1.29, 1.82) is 5.41 Å². The van der Waals surface area contributed by atoms with Crippen LogP contribution in [0.1, 0.15) is 16.7 Å². The Balaban J connectivity index is 2.49. The van der Waals surface area contributed by atoms with Crippen molar-refractivity contribution < 1.29 is 0 Å². The molecule has 2 aromatic rings. The van der Waals surface area contributed by atoms with E-state index in [1.54, 1.807) is 36.4 Å². The average Bonchev–Trinajstić information content (AvgIpc) is 2.28. The van der Waals surface area contributed by atoms with Crippen LogP contribution in [0.25, 0.3) is 0 Å². The second-order valence-electron chi connectivity index (χ2n) is 3.99. The summed E-state index contributed by atoms with van der Waals surface area (Å²) in [6, 6.07) is 10.6. The highest BCUT2D eigenvalue weighted by Gasteiger charge is 2.13. The number of nitrogens with one attached hydrogen (secondary N) is 1. The SMILES string of the molecule is Cc1cc(Cl)c(C(=N)c2ccc(Cl)cc2)c(Cl)c1. The van der Waals surface area contributed by atoms with Gasteiger partial charge in [0.2, 0.25) is 0 Å². The van der Waals surface area contributed by atoms with Gasteiger partial charge >= 0.3 is 0 Å². The molecule has 0 aliphatic heterocycles. The summed E-state index contributed by atoms with van der Waals surface area (Å²) in [7, 11) is 0. The molecule has 4 heteroatoms. The molecule has 0 amide bonds. The Kier molecular flexibility index (Phi) is 3.96. The van der Waals surface area contributed by atoms with Crippen molar-refractivity contribution in [3.8, 4) is 0 Å². The summed E-state index contributed by atoms with van der Waals surface area (Å²) >= 11 is 18.1. The normalized spacial score (nSPS) is 10.4. The molecule has 0 saturated carbocycles. The third-order valence-corrected chi connectivity index (χ3v) is 3.42. The van der Waals surface area contributed by atoms with E-state index in [2.05, 4.69) is 0 Å². The van der Waals surface area contributed by atoms with Crippen LogP contribution >= 0.6 is 34.8 Å². The van der Waals surface area contributed by atoms with E-state index in [0.29, 0.717) is 26.3 Å². The van der Waals surface area contributed by atoms with Crippen molar-refractivity contribution in [2.75, 3.05) is 0 Å². The lowest BCUT2D eigenvalue weighted by molar-refractivity contribution is 1.42. The molecule has 1 N–H and O–H groups in total. The highest BCUT2D eigenvalue weighted by molar-refractivity contribution is 6.41. The minimum Gasteiger partial charge on any atom is -0.300 e. The number of halogens is 3. The van der Waals surface area contributed by atoms with Crippen LogP contribution in [0.4, 0.5) is 0 Å². The van der Waals surface area contributed by atoms with E-state index >= 15 is 0 Å². The Morgan fingerprint density at radius 2 is 1.44 bits per heavy atom. The zero-order valence-corrected chi connectivity index (χ0v) is 11.9. The van der Waals surface area contributed by atoms with Gasteiger partial charge in [0.05, 0.1) is 15.8 Å². The molecule has 0 aliphatic carbocycles. The first-order chi connectivity index (χ1) is 8.49. The summed E-state index contributed by atoms with van der Waals surface area (Å²) in [6.07, 6.45) is 0. The molecule has 0 fully saturated rings. The van der Waals surface area contributed by atoms with Gasteiger partial charge in [0.15, 0.2) is 0 Å². The first kappa shape index (κ1) is 13.4. The van der Waals surface area contributed by atoms with Gasteiger partial charge in [0.1, 0.15) is 0 Å². The Hall–Kier alpha value is -1.02. The lowest BCUT2D eigenvalue weighted by Gasteiger charge is -2.10. The van der Waals surface area contributed by atoms with Crippen molar-refractivity contribution in [3.63, 3.8) is 0 Å². The van der Waals surface area contributed by atoms with Crippen LogP contribution in [0, 0.1) is 12.3 Å². The van der Waals surface area contributed by atoms with Crippen molar-refractivity contribution in [2.45, 2.75) is 6.92 Å². The van der Waals surface area contributed by atoms with E-state index < -0.39 is 0 Å². The molecular weight excluding hydrogens is 289 g/mol. The van der Waals surface area contributed by atoms with E-state index in [4.69, 9.17) is 40.2 Å². The topological polar surface area (TPSA) is 23.9 Å². The van der Waals surface area contributed by atoms with Gasteiger partial charge < -0.3 is 0 Å². The second kappa shape index (κ2) is 5.31. The minimum atomic E-state index is 0.293. The molecule has 92 valence electrons. The standard InChI is InChI=1S/C14H10Cl3N/c1-8-6-11(16)13(12(17)7-8)14(18)9-2-4-10(15)5-3-9/h2-7,18H,1H3. The van der Waals surface area contributed by atoms with Gasteiger partial charge in [-0.15, -0.1) is 0 Å². The van der Waals surface area contributed by atoms with Gasteiger partial charge in [-0.1, -0.05) is 46.9 Å². The molecular formula is C14H10Cl3N. The summed E-state index contributed by atoms with van der Waals surface area (Å²) in [5, 5.41) is 9.79. The Morgan fingerprint density at radius 1 is 0.944 bits per heavy atom. The third-order valence-electron chi connectivity index (χ3n) is 2.57. The number of hydrogen-bond donors (Lipinski definition) is 1. The molecule has 0 unspecified atom stereocenters. The minimum absolute atomic E-state index is 0.293. The maximum Gasteiger partial charge on any atom is 0.0714 e. The van der Waals surface area contributed by atoms with Gasteiger partial charge in [-0.2, -0.15) is 0 Å². The van der Waals surface area contributed by atoms with Crippen LogP contribution < -0.4 is 0 Å². The smallest absolute Gasteiger partial charge is 0.0714 e. The summed E-state index contributed by atoms with van der Waals surface area (Å²) in [5.41, 5.74) is 2.54. The molecule has 0 atom stereocenters. The van der Waals surface area contributed by atoms with Crippen molar-refractivity contribution in [2.24, 2.45) is 0 Å². The number of benzene rings is 2. The predicted molar refractivity (Wildman–Crippen MR) is 78.6 cm³/mol. The van der Waals surface area contributed by atoms with Crippen LogP contribution in [0.5, 0.6) is 0 Å². The van der Waals surface area contributed by atoms with Crippen LogP contribution in [0.3, 0.4) is 0 Å². The predicted octanol–water partition coefficient (Wildman–Crippen LogP) is 5.37. The third kappa shape index (κ3) is 2.69. The lowest BCUT2D eigenvalue weighted by Crippen LogP contribution is -2.03. The van der Waals surface area contributed by atoms with Crippen LogP contribution in [0.15, 0.2) is 36.4 Å². The first-order valence-corrected chi connectivity index (χ1v) is 6.43. The summed E-state index contributed by atoms with van der Waals surface area (Å²) < 4.78 is 0. The van der Waals surface area contributed by atoms with Crippen molar-refractivity contribution in [1.82, 2.24) is 0 Å². The largest absolute Gasteiger partial charge is 0.300 e. The molecule has 0 heterocycles. The average molecular weight is 299 g/mol. The number of hydrogen-bond acceptors (Lipinski definition) is 1. The Labute approximate surface area is 121 Å². The summed E-state index contributed by atoms with van der Waals surface area (Å²) in [6.45, 7) is 1.91. The molecule has 1 nitrogen and oxygen atoms in total. The highest BCUT2D eigenvalue weighted by atomic mass is 35.5. The Bertz CT molecular complexity index is 580. The van der Waals surface area contributed by atoms with Crippen LogP contribution in [0.2, 0.25) is 15.1 Å². The molecule has 0 spiro atoms. The molecule has 0 radical (unpaired) electrons. The lowest BCUT2D eigenvalue weighted by atomic mass is 10.0. The van der Waals surface area contributed by atoms with E-state index in [0.717, 1.165) is 11.1 Å². The van der Waals surface area contributed by atoms with Gasteiger partial charge in [-0.25, -0.2) is 0 Å². The molecule has 0 bridgehead atoms. The monoisotopic (exact) mass is 297 g/mol. The Morgan fingerprint density at radius 3 is 1.94 bits per heavy atom. The van der Waals surface area contributed by atoms with Gasteiger partial charge in [-0.3, -0.25) is 5.41 Å². The fraction of sp³-hybridized carbons (Fsp3) is 0.0714. The molecule has 2 aromatic carbocycles. The first-order valence-electron chi connectivity index (χ1n) is 5.29. The molecule has 0 aromatic heterocycles. The van der Waals surface area contributed by atoms with Gasteiger partial charge in [0, 0.05) is 16.1 Å². The van der Waals surface area contributed by atoms with Crippen LogP contribution in [-0.4, -0.2) is 5.71 Å². The van der Waals surface area contributed by atoms with Crippen molar-refractivity contribution >= 4 is 40.5 Å². The van der Waals surface area contributed by atoms with E-state index in [1.807, 2.05) is 6.92 Å². The van der Waals surface area contributed by atoms with E-state index in [1.165, 1.54) is 0 Å². The fourth-order valence-electron chi connectivity index (χ4n) is 1.70. The van der Waals surface area contributed by atoms with E-state index in [-0.39, 0.29) is 0 Å². The second-order valence-corrected chi connectivity index (χ2v) is 5.24. The van der Waals surface area contributed by atoms with Gasteiger partial charge in [-0.05, 0) is 36.8 Å². The quantitative estimate of drug-likeness (QED) is 0.721. The molecule has 0 aliphatic rings. The fourth-order valence-corrected chi connectivity index (χ4v) is 2.61. The number of rotatable bonds is 2. The molecule has 0 saturated heterocycles. The maximum absolute atomic E-state index is 8.18. The zero-order valence-electron chi connectivity index (χ0n) is 9.60.